The molecule has 1 fully saturated rings. The molecule has 0 radical (unpaired) electrons. The van der Waals surface area contributed by atoms with E-state index < -0.39 is 0 Å². The lowest BCUT2D eigenvalue weighted by Gasteiger charge is -2.28. The van der Waals surface area contributed by atoms with Gasteiger partial charge in [-0.05, 0) is 25.5 Å². The molecule has 4 nitrogen and oxygen atoms in total. The normalized spacial score (nSPS) is 16.4. The van der Waals surface area contributed by atoms with E-state index in [1.165, 1.54) is 0 Å². The number of nitrogens with zero attached hydrogens (tertiary/aromatic N) is 1. The van der Waals surface area contributed by atoms with Crippen molar-refractivity contribution in [2.24, 2.45) is 0 Å². The van der Waals surface area contributed by atoms with Crippen molar-refractivity contribution in [1.29, 1.82) is 0 Å². The van der Waals surface area contributed by atoms with Gasteiger partial charge in [0.1, 0.15) is 0 Å². The highest BCUT2D eigenvalue weighted by atomic mass is 35.5. The summed E-state index contributed by atoms with van der Waals surface area (Å²) in [6, 6.07) is 3.85. The second-order valence-electron chi connectivity index (χ2n) is 5.29. The molecule has 112 valence electrons. The monoisotopic (exact) mass is 298 g/mol. The zero-order valence-corrected chi connectivity index (χ0v) is 13.2. The number of ether oxygens (including phenoxy) is 2. The van der Waals surface area contributed by atoms with Gasteiger partial charge < -0.3 is 14.8 Å². The standard InChI is InChI=1S/C15H23ClN2O2/c1-11(2)20-15-8-12(13(16)9-14(15)19-3)10-18-6-4-17-5-7-18/h8-9,11,17H,4-7,10H2,1-3H3. The van der Waals surface area contributed by atoms with Gasteiger partial charge in [-0.25, -0.2) is 0 Å². The van der Waals surface area contributed by atoms with Crippen LogP contribution in [0.25, 0.3) is 0 Å². The van der Waals surface area contributed by atoms with Gasteiger partial charge >= 0.3 is 0 Å². The molecule has 1 heterocycles. The Morgan fingerprint density at radius 1 is 1.25 bits per heavy atom. The molecular formula is C15H23ClN2O2. The van der Waals surface area contributed by atoms with Gasteiger partial charge in [0.15, 0.2) is 11.5 Å². The molecule has 1 aliphatic rings. The summed E-state index contributed by atoms with van der Waals surface area (Å²) in [5, 5.41) is 4.08. The first-order valence-corrected chi connectivity index (χ1v) is 7.44. The number of benzene rings is 1. The minimum Gasteiger partial charge on any atom is -0.493 e. The van der Waals surface area contributed by atoms with E-state index in [-0.39, 0.29) is 6.10 Å². The molecular weight excluding hydrogens is 276 g/mol. The van der Waals surface area contributed by atoms with Gasteiger partial charge in [0.2, 0.25) is 0 Å². The van der Waals surface area contributed by atoms with Crippen molar-refractivity contribution in [3.63, 3.8) is 0 Å². The van der Waals surface area contributed by atoms with Gasteiger partial charge in [0, 0.05) is 43.8 Å². The number of rotatable bonds is 5. The van der Waals surface area contributed by atoms with Gasteiger partial charge in [-0.15, -0.1) is 0 Å². The van der Waals surface area contributed by atoms with E-state index in [9.17, 15) is 0 Å². The largest absolute Gasteiger partial charge is 0.493 e. The maximum atomic E-state index is 6.36. The van der Waals surface area contributed by atoms with Crippen LogP contribution in [0.4, 0.5) is 0 Å². The van der Waals surface area contributed by atoms with Crippen LogP contribution in [0.1, 0.15) is 19.4 Å². The molecule has 0 saturated carbocycles. The zero-order chi connectivity index (χ0) is 14.5. The smallest absolute Gasteiger partial charge is 0.162 e. The third-order valence-corrected chi connectivity index (χ3v) is 3.65. The predicted molar refractivity (Wildman–Crippen MR) is 81.9 cm³/mol. The fraction of sp³-hybridized carbons (Fsp3) is 0.600. The molecule has 0 aliphatic carbocycles. The summed E-state index contributed by atoms with van der Waals surface area (Å²) >= 11 is 6.36. The van der Waals surface area contributed by atoms with Crippen LogP contribution in [0, 0.1) is 0 Å². The van der Waals surface area contributed by atoms with Crippen molar-refractivity contribution in [3.05, 3.63) is 22.7 Å². The number of piperazine rings is 1. The number of halogens is 1. The minimum atomic E-state index is 0.108. The number of hydrogen-bond donors (Lipinski definition) is 1. The lowest BCUT2D eigenvalue weighted by molar-refractivity contribution is 0.224. The molecule has 1 aliphatic heterocycles. The Balaban J connectivity index is 2.18. The summed E-state index contributed by atoms with van der Waals surface area (Å²) in [7, 11) is 1.63. The average Bonchev–Trinajstić information content (AvgIpc) is 2.42. The molecule has 0 amide bonds. The molecule has 1 N–H and O–H groups in total. The van der Waals surface area contributed by atoms with E-state index in [1.807, 2.05) is 26.0 Å². The molecule has 1 saturated heterocycles. The first-order chi connectivity index (χ1) is 9.60. The van der Waals surface area contributed by atoms with E-state index in [1.54, 1.807) is 7.11 Å². The van der Waals surface area contributed by atoms with Crippen LogP contribution in [0.3, 0.4) is 0 Å². The topological polar surface area (TPSA) is 33.7 Å². The van der Waals surface area contributed by atoms with E-state index in [0.717, 1.165) is 49.1 Å². The lowest BCUT2D eigenvalue weighted by Crippen LogP contribution is -2.42. The maximum absolute atomic E-state index is 6.36. The highest BCUT2D eigenvalue weighted by Gasteiger charge is 2.16. The van der Waals surface area contributed by atoms with Crippen LogP contribution in [-0.2, 0) is 6.54 Å². The second kappa shape index (κ2) is 7.16. The maximum Gasteiger partial charge on any atom is 0.162 e. The fourth-order valence-corrected chi connectivity index (χ4v) is 2.53. The number of methoxy groups -OCH3 is 1. The zero-order valence-electron chi connectivity index (χ0n) is 12.4. The molecule has 2 rings (SSSR count). The quantitative estimate of drug-likeness (QED) is 0.906. The SMILES string of the molecule is COc1cc(Cl)c(CN2CCNCC2)cc1OC(C)C. The summed E-state index contributed by atoms with van der Waals surface area (Å²) in [4.78, 5) is 2.39. The van der Waals surface area contributed by atoms with Crippen molar-refractivity contribution >= 4 is 11.6 Å². The van der Waals surface area contributed by atoms with E-state index in [4.69, 9.17) is 21.1 Å². The van der Waals surface area contributed by atoms with Crippen LogP contribution in [-0.4, -0.2) is 44.3 Å². The van der Waals surface area contributed by atoms with Gasteiger partial charge in [-0.3, -0.25) is 4.90 Å². The molecule has 0 atom stereocenters. The van der Waals surface area contributed by atoms with Crippen molar-refractivity contribution in [1.82, 2.24) is 10.2 Å². The Morgan fingerprint density at radius 2 is 1.95 bits per heavy atom. The van der Waals surface area contributed by atoms with Gasteiger partial charge in [-0.1, -0.05) is 11.6 Å². The Kier molecular flexibility index (Phi) is 5.52. The third kappa shape index (κ3) is 4.01. The summed E-state index contributed by atoms with van der Waals surface area (Å²) < 4.78 is 11.1. The van der Waals surface area contributed by atoms with Crippen molar-refractivity contribution < 1.29 is 9.47 Å². The molecule has 0 spiro atoms. The molecule has 0 aromatic heterocycles. The van der Waals surface area contributed by atoms with E-state index in [2.05, 4.69) is 10.2 Å². The Morgan fingerprint density at radius 3 is 2.55 bits per heavy atom. The summed E-state index contributed by atoms with van der Waals surface area (Å²) in [5.41, 5.74) is 1.09. The van der Waals surface area contributed by atoms with E-state index >= 15 is 0 Å². The Hall–Kier alpha value is -0.970. The number of nitrogens with one attached hydrogen (secondary N) is 1. The molecule has 20 heavy (non-hydrogen) atoms. The molecule has 1 aromatic rings. The summed E-state index contributed by atoms with van der Waals surface area (Å²) in [6.07, 6.45) is 0.108. The summed E-state index contributed by atoms with van der Waals surface area (Å²) in [5.74, 6) is 1.45. The number of hydrogen-bond acceptors (Lipinski definition) is 4. The molecule has 5 heteroatoms. The van der Waals surface area contributed by atoms with Crippen LogP contribution >= 0.6 is 11.6 Å². The lowest BCUT2D eigenvalue weighted by atomic mass is 10.1. The second-order valence-corrected chi connectivity index (χ2v) is 5.69. The van der Waals surface area contributed by atoms with Crippen LogP contribution in [0.15, 0.2) is 12.1 Å². The van der Waals surface area contributed by atoms with Crippen LogP contribution in [0.5, 0.6) is 11.5 Å². The van der Waals surface area contributed by atoms with Crippen molar-refractivity contribution in [3.8, 4) is 11.5 Å². The first kappa shape index (κ1) is 15.4. The average molecular weight is 299 g/mol. The molecule has 1 aromatic carbocycles. The van der Waals surface area contributed by atoms with Crippen molar-refractivity contribution in [2.75, 3.05) is 33.3 Å². The van der Waals surface area contributed by atoms with Gasteiger partial charge in [-0.2, -0.15) is 0 Å². The van der Waals surface area contributed by atoms with Gasteiger partial charge in [0.25, 0.3) is 0 Å². The molecule has 0 bridgehead atoms. The Bertz CT molecular complexity index is 446. The third-order valence-electron chi connectivity index (χ3n) is 3.30. The van der Waals surface area contributed by atoms with Crippen LogP contribution < -0.4 is 14.8 Å². The summed E-state index contributed by atoms with van der Waals surface area (Å²) in [6.45, 7) is 9.00. The van der Waals surface area contributed by atoms with Gasteiger partial charge in [0.05, 0.1) is 13.2 Å². The fourth-order valence-electron chi connectivity index (χ4n) is 2.31. The minimum absolute atomic E-state index is 0.108. The predicted octanol–water partition coefficient (Wildman–Crippen LogP) is 2.54. The Labute approximate surface area is 126 Å². The highest BCUT2D eigenvalue weighted by Crippen LogP contribution is 2.34. The van der Waals surface area contributed by atoms with E-state index in [0.29, 0.717) is 5.75 Å². The van der Waals surface area contributed by atoms with Crippen molar-refractivity contribution in [2.45, 2.75) is 26.5 Å². The first-order valence-electron chi connectivity index (χ1n) is 7.06. The van der Waals surface area contributed by atoms with Crippen LogP contribution in [0.2, 0.25) is 5.02 Å². The highest BCUT2D eigenvalue weighted by molar-refractivity contribution is 6.31. The molecule has 0 unspecified atom stereocenters.